The molecule has 9 heteroatoms. The third kappa shape index (κ3) is 5.06. The lowest BCUT2D eigenvalue weighted by Gasteiger charge is -2.24. The van der Waals surface area contributed by atoms with Crippen molar-refractivity contribution in [2.75, 3.05) is 24.5 Å². The van der Waals surface area contributed by atoms with Gasteiger partial charge in [-0.05, 0) is 48.7 Å². The molecule has 0 fully saturated rings. The summed E-state index contributed by atoms with van der Waals surface area (Å²) in [7, 11) is 0. The van der Waals surface area contributed by atoms with Crippen molar-refractivity contribution in [2.24, 2.45) is 0 Å². The maximum Gasteiger partial charge on any atom is 0.335 e. The number of aliphatic hydroxyl groups is 1. The molecule has 0 spiro atoms. The van der Waals surface area contributed by atoms with Crippen LogP contribution in [0, 0.1) is 0 Å². The molecule has 32 heavy (non-hydrogen) atoms. The molecule has 1 aliphatic rings. The van der Waals surface area contributed by atoms with Crippen LogP contribution < -0.4 is 4.90 Å². The Kier molecular flexibility index (Phi) is 7.43. The molecule has 2 N–H and O–H groups in total. The lowest BCUT2D eigenvalue weighted by molar-refractivity contribution is -0.127. The maximum absolute atomic E-state index is 13.2. The molecule has 0 atom stereocenters. The summed E-state index contributed by atoms with van der Waals surface area (Å²) in [6.07, 6.45) is 1.11. The number of carbonyl (C=O) groups is 3. The molecule has 7 nitrogen and oxygen atoms in total. The lowest BCUT2D eigenvalue weighted by Crippen LogP contribution is -2.35. The molecule has 3 rings (SSSR count). The fraction of sp³-hybridized carbons (Fsp3) is 0.261. The largest absolute Gasteiger partial charge is 0.503 e. The standard InChI is InChI=1S/C23H22Cl2N2O5/c1-2-10-27(16-7-8-18(24)19(25)12-16)21(29)17-13-26(22(30)20(17)28)11-9-14-3-5-15(6-4-14)23(31)32/h3-8,12,28H,2,9-11,13H2,1H3,(H,31,32). The fourth-order valence-corrected chi connectivity index (χ4v) is 3.72. The first-order valence-corrected chi connectivity index (χ1v) is 10.8. The molecule has 0 bridgehead atoms. The Bertz CT molecular complexity index is 1080. The number of anilines is 1. The first kappa shape index (κ1) is 23.6. The van der Waals surface area contributed by atoms with Crippen LogP contribution in [-0.2, 0) is 16.0 Å². The van der Waals surface area contributed by atoms with E-state index in [9.17, 15) is 19.5 Å². The highest BCUT2D eigenvalue weighted by atomic mass is 35.5. The van der Waals surface area contributed by atoms with Crippen molar-refractivity contribution in [3.63, 3.8) is 0 Å². The van der Waals surface area contributed by atoms with E-state index in [1.165, 1.54) is 21.9 Å². The number of aliphatic hydroxyl groups excluding tert-OH is 1. The SMILES string of the molecule is CCCN(C(=O)C1=C(O)C(=O)N(CCc2ccc(C(=O)O)cc2)C1)c1ccc(Cl)c(Cl)c1. The van der Waals surface area contributed by atoms with Crippen molar-refractivity contribution in [3.8, 4) is 0 Å². The van der Waals surface area contributed by atoms with Gasteiger partial charge in [0, 0.05) is 18.8 Å². The molecule has 2 aromatic rings. The number of halogens is 2. The summed E-state index contributed by atoms with van der Waals surface area (Å²) in [5.41, 5.74) is 1.56. The number of amides is 2. The molecule has 2 aromatic carbocycles. The molecule has 0 aliphatic carbocycles. The summed E-state index contributed by atoms with van der Waals surface area (Å²) in [5.74, 6) is -2.65. The van der Waals surface area contributed by atoms with Gasteiger partial charge in [0.1, 0.15) is 0 Å². The Hall–Kier alpha value is -3.03. The molecule has 1 heterocycles. The molecule has 0 aromatic heterocycles. The first-order chi connectivity index (χ1) is 15.2. The van der Waals surface area contributed by atoms with Crippen LogP contribution in [-0.4, -0.2) is 52.5 Å². The molecule has 0 unspecified atom stereocenters. The number of nitrogens with zero attached hydrogens (tertiary/aromatic N) is 2. The molecule has 2 amide bonds. The zero-order chi connectivity index (χ0) is 23.4. The number of rotatable bonds is 8. The average molecular weight is 477 g/mol. The molecule has 0 radical (unpaired) electrons. The van der Waals surface area contributed by atoms with Gasteiger partial charge in [-0.15, -0.1) is 0 Å². The number of carboxylic acid groups (broad SMARTS) is 1. The minimum atomic E-state index is -1.01. The summed E-state index contributed by atoms with van der Waals surface area (Å²) in [6.45, 7) is 2.54. The quantitative estimate of drug-likeness (QED) is 0.590. The fourth-order valence-electron chi connectivity index (χ4n) is 3.43. The van der Waals surface area contributed by atoms with Crippen LogP contribution in [0.25, 0.3) is 0 Å². The van der Waals surface area contributed by atoms with Crippen LogP contribution in [0.5, 0.6) is 0 Å². The highest BCUT2D eigenvalue weighted by Crippen LogP contribution is 2.29. The van der Waals surface area contributed by atoms with Gasteiger partial charge >= 0.3 is 5.97 Å². The number of hydrogen-bond acceptors (Lipinski definition) is 4. The van der Waals surface area contributed by atoms with Crippen molar-refractivity contribution < 1.29 is 24.6 Å². The predicted octanol–water partition coefficient (Wildman–Crippen LogP) is 4.33. The number of carboxylic acids is 1. The van der Waals surface area contributed by atoms with E-state index in [0.717, 1.165) is 5.56 Å². The first-order valence-electron chi connectivity index (χ1n) is 10.0. The van der Waals surface area contributed by atoms with Gasteiger partial charge < -0.3 is 20.0 Å². The van der Waals surface area contributed by atoms with Gasteiger partial charge in [0.05, 0.1) is 27.7 Å². The van der Waals surface area contributed by atoms with E-state index in [2.05, 4.69) is 0 Å². The number of benzene rings is 2. The van der Waals surface area contributed by atoms with Gasteiger partial charge in [-0.1, -0.05) is 42.3 Å². The summed E-state index contributed by atoms with van der Waals surface area (Å²) in [6, 6.07) is 11.2. The van der Waals surface area contributed by atoms with Gasteiger partial charge in [-0.25, -0.2) is 4.79 Å². The van der Waals surface area contributed by atoms with Crippen LogP contribution in [0.1, 0.15) is 29.3 Å². The van der Waals surface area contributed by atoms with Gasteiger partial charge in [-0.2, -0.15) is 0 Å². The molecule has 0 saturated heterocycles. The van der Waals surface area contributed by atoms with Crippen LogP contribution in [0.2, 0.25) is 10.0 Å². The number of carbonyl (C=O) groups excluding carboxylic acids is 2. The van der Waals surface area contributed by atoms with Gasteiger partial charge in [0.15, 0.2) is 5.76 Å². The molecule has 1 aliphatic heterocycles. The summed E-state index contributed by atoms with van der Waals surface area (Å²) in [4.78, 5) is 39.6. The smallest absolute Gasteiger partial charge is 0.335 e. The normalized spacial score (nSPS) is 13.6. The maximum atomic E-state index is 13.2. The minimum absolute atomic E-state index is 0.0156. The van der Waals surface area contributed by atoms with Crippen LogP contribution in [0.4, 0.5) is 5.69 Å². The Morgan fingerprint density at radius 3 is 2.38 bits per heavy atom. The van der Waals surface area contributed by atoms with E-state index in [1.54, 1.807) is 30.3 Å². The molecular formula is C23H22Cl2N2O5. The highest BCUT2D eigenvalue weighted by molar-refractivity contribution is 6.42. The second kappa shape index (κ2) is 10.1. The summed E-state index contributed by atoms with van der Waals surface area (Å²) >= 11 is 12.1. The van der Waals surface area contributed by atoms with Gasteiger partial charge in [-0.3, -0.25) is 9.59 Å². The van der Waals surface area contributed by atoms with Crippen LogP contribution in [0.15, 0.2) is 53.8 Å². The van der Waals surface area contributed by atoms with E-state index < -0.39 is 23.5 Å². The zero-order valence-electron chi connectivity index (χ0n) is 17.3. The minimum Gasteiger partial charge on any atom is -0.503 e. The van der Waals surface area contributed by atoms with Crippen molar-refractivity contribution in [1.82, 2.24) is 4.90 Å². The van der Waals surface area contributed by atoms with Crippen molar-refractivity contribution in [1.29, 1.82) is 0 Å². The second-order valence-electron chi connectivity index (χ2n) is 7.36. The highest BCUT2D eigenvalue weighted by Gasteiger charge is 2.36. The number of hydrogen-bond donors (Lipinski definition) is 2. The Morgan fingerprint density at radius 2 is 1.78 bits per heavy atom. The third-order valence-corrected chi connectivity index (χ3v) is 5.90. The zero-order valence-corrected chi connectivity index (χ0v) is 18.9. The summed E-state index contributed by atoms with van der Waals surface area (Å²) < 4.78 is 0. The molecular weight excluding hydrogens is 455 g/mol. The van der Waals surface area contributed by atoms with E-state index >= 15 is 0 Å². The van der Waals surface area contributed by atoms with Crippen LogP contribution in [0.3, 0.4) is 0 Å². The van der Waals surface area contributed by atoms with Crippen molar-refractivity contribution in [2.45, 2.75) is 19.8 Å². The molecule has 0 saturated carbocycles. The predicted molar refractivity (Wildman–Crippen MR) is 122 cm³/mol. The Labute approximate surface area is 195 Å². The van der Waals surface area contributed by atoms with E-state index in [0.29, 0.717) is 35.1 Å². The van der Waals surface area contributed by atoms with E-state index in [-0.39, 0.29) is 24.2 Å². The summed E-state index contributed by atoms with van der Waals surface area (Å²) in [5, 5.41) is 20.0. The average Bonchev–Trinajstić information content (AvgIpc) is 3.06. The topological polar surface area (TPSA) is 98.2 Å². The van der Waals surface area contributed by atoms with Gasteiger partial charge in [0.25, 0.3) is 11.8 Å². The van der Waals surface area contributed by atoms with Crippen molar-refractivity contribution in [3.05, 3.63) is 75.0 Å². The van der Waals surface area contributed by atoms with E-state index in [1.807, 2.05) is 6.92 Å². The van der Waals surface area contributed by atoms with Crippen molar-refractivity contribution >= 4 is 46.7 Å². The monoisotopic (exact) mass is 476 g/mol. The van der Waals surface area contributed by atoms with Gasteiger partial charge in [0.2, 0.25) is 0 Å². The van der Waals surface area contributed by atoms with E-state index in [4.69, 9.17) is 28.3 Å². The van der Waals surface area contributed by atoms with Crippen LogP contribution >= 0.6 is 23.2 Å². The second-order valence-corrected chi connectivity index (χ2v) is 8.18. The molecule has 168 valence electrons. The lowest BCUT2D eigenvalue weighted by atomic mass is 10.1. The Morgan fingerprint density at radius 1 is 1.09 bits per heavy atom. The third-order valence-electron chi connectivity index (χ3n) is 5.16. The number of aromatic carboxylic acids is 1. The Balaban J connectivity index is 1.73.